The predicted octanol–water partition coefficient (Wildman–Crippen LogP) is 25.6. The van der Waals surface area contributed by atoms with Crippen molar-refractivity contribution >= 4 is 30.3 Å². The van der Waals surface area contributed by atoms with E-state index < -0.39 is 45.5 Å². The molecule has 110 heavy (non-hydrogen) atoms. The van der Waals surface area contributed by atoms with Gasteiger partial charge >= 0.3 is 23.9 Å². The summed E-state index contributed by atoms with van der Waals surface area (Å²) in [5.41, 5.74) is 11.1. The van der Waals surface area contributed by atoms with Crippen LogP contribution in [-0.4, -0.2) is 56.4 Å². The summed E-state index contributed by atoms with van der Waals surface area (Å²) in [4.78, 5) is 58.8. The predicted molar refractivity (Wildman–Crippen MR) is 447 cm³/mol. The first-order valence-corrected chi connectivity index (χ1v) is 44.0. The minimum absolute atomic E-state index is 0.0223. The Morgan fingerprint density at radius 2 is 0.882 bits per heavy atom. The first-order chi connectivity index (χ1) is 51.4. The van der Waals surface area contributed by atoms with E-state index in [1.807, 2.05) is 27.7 Å². The lowest BCUT2D eigenvalue weighted by Crippen LogP contribution is -2.55. The number of rotatable bonds is 11. The summed E-state index contributed by atoms with van der Waals surface area (Å²) in [6.45, 7) is 50.8. The number of ether oxygens (including phenoxy) is 1. The third kappa shape index (κ3) is 15.0. The van der Waals surface area contributed by atoms with Crippen LogP contribution in [0.1, 0.15) is 339 Å². The van der Waals surface area contributed by atoms with Crippen LogP contribution in [0.5, 0.6) is 0 Å². The highest BCUT2D eigenvalue weighted by atomic mass is 16.5. The van der Waals surface area contributed by atoms with E-state index in [0.717, 1.165) is 128 Å². The average Bonchev–Trinajstić information content (AvgIpc) is 0.744. The molecule has 0 saturated heterocycles. The average molecular weight is 1510 g/mol. The second-order valence-corrected chi connectivity index (χ2v) is 42.7. The molecule has 22 atom stereocenters. The summed E-state index contributed by atoms with van der Waals surface area (Å²) in [6, 6.07) is 6.92. The van der Waals surface area contributed by atoms with Gasteiger partial charge in [-0.05, 0) is 334 Å². The van der Waals surface area contributed by atoms with E-state index in [0.29, 0.717) is 53.8 Å². The number of carbonyl (C=O) groups is 5. The number of benzene rings is 1. The summed E-state index contributed by atoms with van der Waals surface area (Å²) in [5.74, 6) is 2.80. The number of fused-ring (bicyclic) bond motifs is 15. The molecular formula is C100H148O10. The molecule has 0 aromatic heterocycles. The first kappa shape index (κ1) is 85.4. The fraction of sp³-hybridized carbons (Fsp3) is 0.730. The number of carboxylic acids is 4. The molecule has 8 fully saturated rings. The van der Waals surface area contributed by atoms with Crippen LogP contribution in [-0.2, 0) is 40.5 Å². The van der Waals surface area contributed by atoms with E-state index in [4.69, 9.17) is 4.74 Å². The number of allylic oxidation sites excluding steroid dienone is 13. The Balaban J connectivity index is 0.000000136. The number of hydrogen-bond acceptors (Lipinski definition) is 6. The quantitative estimate of drug-likeness (QED) is 0.123. The molecule has 0 radical (unpaired) electrons. The van der Waals surface area contributed by atoms with Crippen molar-refractivity contribution in [3.8, 4) is 0 Å². The van der Waals surface area contributed by atoms with Crippen molar-refractivity contribution in [3.63, 3.8) is 0 Å². The molecule has 4 unspecified atom stereocenters. The smallest absolute Gasteiger partial charge is 0.309 e. The van der Waals surface area contributed by atoms with Crippen molar-refractivity contribution in [2.45, 2.75) is 340 Å². The fourth-order valence-electron chi connectivity index (χ4n) is 28.3. The zero-order valence-electron chi connectivity index (χ0n) is 71.8. The van der Waals surface area contributed by atoms with Gasteiger partial charge in [-0.3, -0.25) is 24.0 Å². The SMILES string of the molecule is C=C[C@@]1(C)C=C2CC[C@@H]3[C@](C)(CCC[C@@]3(C)C(=O)O)[C@H]2CC1.C=C[C@@]1(C)CCC2C(=CCC3C2(C)CCC[C@@]3(C)OC=O)C1.C=C[C@@]1(C)CC[C@H]2C(=CC[C@@H]3[C@]2(C)CCC[C@@]3(C)C(=O)O)C1.CC(C)C1=CC2=CC[C@H]3[C@](C)(C(=O)O)CCC[C@]3(C)C2CC1.CC(C)c1ccc2c(c1)CC[C@H]1[C@](C)(C(=O)O)CCC[C@]21C. The van der Waals surface area contributed by atoms with Crippen molar-refractivity contribution < 1.29 is 49.1 Å². The van der Waals surface area contributed by atoms with Gasteiger partial charge in [-0.2, -0.15) is 0 Å². The lowest BCUT2D eigenvalue weighted by atomic mass is 9.45. The van der Waals surface area contributed by atoms with Crippen LogP contribution >= 0.6 is 0 Å². The number of hydrogen-bond donors (Lipinski definition) is 4. The lowest BCUT2D eigenvalue weighted by Gasteiger charge is -2.59. The van der Waals surface area contributed by atoms with Crippen LogP contribution in [0.4, 0.5) is 0 Å². The molecule has 4 N–H and O–H groups in total. The monoisotopic (exact) mass is 1510 g/mol. The molecule has 8 saturated carbocycles. The van der Waals surface area contributed by atoms with Crippen molar-refractivity contribution in [3.05, 3.63) is 131 Å². The van der Waals surface area contributed by atoms with Crippen LogP contribution < -0.4 is 0 Å². The molecule has 10 nitrogen and oxygen atoms in total. The minimum Gasteiger partial charge on any atom is -0.481 e. The molecule has 10 heteroatoms. The molecular weight excluding hydrogens is 1360 g/mol. The second-order valence-electron chi connectivity index (χ2n) is 42.7. The van der Waals surface area contributed by atoms with Crippen LogP contribution in [0, 0.1) is 119 Å². The molecule has 14 aliphatic carbocycles. The molecule has 1 aromatic carbocycles. The van der Waals surface area contributed by atoms with Crippen LogP contribution in [0.3, 0.4) is 0 Å². The Labute approximate surface area is 665 Å². The Bertz CT molecular complexity index is 3860. The Morgan fingerprint density at radius 3 is 1.37 bits per heavy atom. The molecule has 0 amide bonds. The maximum Gasteiger partial charge on any atom is 0.309 e. The van der Waals surface area contributed by atoms with Gasteiger partial charge in [0.05, 0.1) is 21.7 Å². The third-order valence-corrected chi connectivity index (χ3v) is 35.6. The first-order valence-electron chi connectivity index (χ1n) is 44.0. The third-order valence-electron chi connectivity index (χ3n) is 35.6. The maximum atomic E-state index is 12.0. The summed E-state index contributed by atoms with van der Waals surface area (Å²) >= 11 is 0. The molecule has 1 aromatic rings. The molecule has 0 heterocycles. The molecule has 0 spiro atoms. The topological polar surface area (TPSA) is 175 Å². The normalized spacial score (nSPS) is 43.8. The number of carboxylic acid groups (broad SMARTS) is 4. The van der Waals surface area contributed by atoms with Crippen molar-refractivity contribution in [1.82, 2.24) is 0 Å². The van der Waals surface area contributed by atoms with Gasteiger partial charge < -0.3 is 25.2 Å². The van der Waals surface area contributed by atoms with E-state index in [-0.39, 0.29) is 66.7 Å². The van der Waals surface area contributed by atoms with Gasteiger partial charge in [0.25, 0.3) is 6.47 Å². The van der Waals surface area contributed by atoms with E-state index >= 15 is 0 Å². The zero-order valence-corrected chi connectivity index (χ0v) is 71.8. The second kappa shape index (κ2) is 31.3. The van der Waals surface area contributed by atoms with Crippen molar-refractivity contribution in [2.75, 3.05) is 0 Å². The van der Waals surface area contributed by atoms with Gasteiger partial charge in [0.1, 0.15) is 5.60 Å². The van der Waals surface area contributed by atoms with Crippen molar-refractivity contribution in [1.29, 1.82) is 0 Å². The van der Waals surface area contributed by atoms with E-state index in [1.54, 1.807) is 22.3 Å². The standard InChI is InChI=1S/C20H30O2.C20H28O2.3C20H30O2/c2*1-13(2)14-6-8-16-15(12-14)7-9-17-19(16,3)10-5-11-20(17,4)18(21)22;1-5-18(2)12-9-16-15(13-18)7-8-17-19(16,3)10-6-11-20(17,4)22-14-21;2*1-5-18(2)12-9-15-14(13-18)7-8-16-19(15,3)10-6-11-20(16,4)17(21)22/h7,12-13,16-17H,5-6,8-11H2,1-4H3,(H,21,22);6,8,12-13,17H,5,7,9-11H2,1-4H3,(H,21,22);5,7,14,16-17H,1,6,8-13H2,2-4H3;5,13,15-16H,1,6-12H2,2-4H3,(H,21,22);5,7,15-16H,1,6,8-13H2,2-4H3,(H,21,22)/t16?,17-,19-,20-;17-,19-,20-;16?,17?,18-,19?,20+;15-,16+,18+,19+,20+;15-,16+,18-,19+,20+/m11000/s1. The van der Waals surface area contributed by atoms with Gasteiger partial charge in [0.2, 0.25) is 0 Å². The van der Waals surface area contributed by atoms with Gasteiger partial charge in [0, 0.05) is 11.3 Å². The molecule has 0 aliphatic heterocycles. The zero-order chi connectivity index (χ0) is 80.6. The van der Waals surface area contributed by atoms with Crippen LogP contribution in [0.2, 0.25) is 0 Å². The highest BCUT2D eigenvalue weighted by Gasteiger charge is 2.63. The van der Waals surface area contributed by atoms with Gasteiger partial charge in [-0.1, -0.05) is 198 Å². The van der Waals surface area contributed by atoms with E-state index in [2.05, 4.69) is 177 Å². The molecule has 0 bridgehead atoms. The number of carbonyl (C=O) groups excluding carboxylic acids is 1. The lowest BCUT2D eigenvalue weighted by molar-refractivity contribution is -0.169. The summed E-state index contributed by atoms with van der Waals surface area (Å²) in [7, 11) is 0. The molecule has 14 aliphatic rings. The highest BCUT2D eigenvalue weighted by Crippen LogP contribution is 2.69. The maximum absolute atomic E-state index is 12.0. The number of aliphatic carboxylic acids is 4. The Morgan fingerprint density at radius 1 is 0.445 bits per heavy atom. The van der Waals surface area contributed by atoms with Gasteiger partial charge in [0.15, 0.2) is 0 Å². The van der Waals surface area contributed by atoms with Gasteiger partial charge in [-0.15, -0.1) is 19.7 Å². The Hall–Kier alpha value is -5.51. The number of aryl methyl sites for hydroxylation is 1. The molecule has 15 rings (SSSR count). The largest absolute Gasteiger partial charge is 0.481 e. The van der Waals surface area contributed by atoms with Crippen molar-refractivity contribution in [2.24, 2.45) is 119 Å². The highest BCUT2D eigenvalue weighted by molar-refractivity contribution is 5.77. The minimum atomic E-state index is -0.606. The van der Waals surface area contributed by atoms with E-state index in [1.165, 1.54) is 99.3 Å². The fourth-order valence-corrected chi connectivity index (χ4v) is 28.3. The van der Waals surface area contributed by atoms with Gasteiger partial charge in [-0.25, -0.2) is 0 Å². The Kier molecular flexibility index (Phi) is 24.3. The summed E-state index contributed by atoms with van der Waals surface area (Å²) in [5, 5.41) is 39.3. The summed E-state index contributed by atoms with van der Waals surface area (Å²) < 4.78 is 5.62. The van der Waals surface area contributed by atoms with Crippen LogP contribution in [0.25, 0.3) is 0 Å². The van der Waals surface area contributed by atoms with Crippen LogP contribution in [0.15, 0.2) is 114 Å². The van der Waals surface area contributed by atoms with E-state index in [9.17, 15) is 44.4 Å². The summed E-state index contributed by atoms with van der Waals surface area (Å²) in [6.07, 6.45) is 53.1. The molecule has 608 valence electrons.